The number of halogens is 10. The summed E-state index contributed by atoms with van der Waals surface area (Å²) in [5.74, 6) is -2.43. The Balaban J connectivity index is 2.36. The Hall–Kier alpha value is 0.280. The zero-order valence-corrected chi connectivity index (χ0v) is 20.2. The van der Waals surface area contributed by atoms with E-state index in [1.54, 1.807) is 0 Å². The van der Waals surface area contributed by atoms with Gasteiger partial charge in [0.15, 0.2) is 0 Å². The van der Waals surface area contributed by atoms with Crippen molar-refractivity contribution < 1.29 is 9.59 Å². The second kappa shape index (κ2) is 9.61. The first-order valence-corrected chi connectivity index (χ1v) is 10.3. The van der Waals surface area contributed by atoms with Gasteiger partial charge in [-0.15, -0.1) is 0 Å². The molecule has 0 saturated carbocycles. The second-order valence-corrected chi connectivity index (χ2v) is 8.58. The molecule has 28 heavy (non-hydrogen) atoms. The minimum Gasteiger partial charge on any atom is -0.315 e. The van der Waals surface area contributed by atoms with E-state index in [2.05, 4.69) is 10.6 Å². The predicted octanol–water partition coefficient (Wildman–Crippen LogP) is 8.80. The lowest BCUT2D eigenvalue weighted by molar-refractivity contribution is -0.132. The Morgan fingerprint density at radius 3 is 0.786 bits per heavy atom. The van der Waals surface area contributed by atoms with Gasteiger partial charge in [-0.1, -0.05) is 116 Å². The van der Waals surface area contributed by atoms with E-state index in [9.17, 15) is 9.59 Å². The molecular formula is C14H2Cl10N2O2. The van der Waals surface area contributed by atoms with Gasteiger partial charge in [-0.3, -0.25) is 9.59 Å². The van der Waals surface area contributed by atoms with Crippen molar-refractivity contribution in [3.05, 3.63) is 50.2 Å². The highest BCUT2D eigenvalue weighted by molar-refractivity contribution is 6.59. The van der Waals surface area contributed by atoms with E-state index >= 15 is 0 Å². The van der Waals surface area contributed by atoms with Gasteiger partial charge in [-0.2, -0.15) is 0 Å². The minimum absolute atomic E-state index is 0.121. The first kappa shape index (κ1) is 24.5. The number of amides is 2. The molecule has 14 heteroatoms. The van der Waals surface area contributed by atoms with Gasteiger partial charge in [0.1, 0.15) is 0 Å². The molecule has 0 atom stereocenters. The number of nitrogens with one attached hydrogen (secondary N) is 2. The van der Waals surface area contributed by atoms with E-state index in [1.165, 1.54) is 0 Å². The van der Waals surface area contributed by atoms with Crippen LogP contribution in [0.25, 0.3) is 0 Å². The second-order valence-electron chi connectivity index (χ2n) is 4.80. The number of carbonyl (C=O) groups excluding carboxylic acids is 2. The van der Waals surface area contributed by atoms with Gasteiger partial charge in [0.05, 0.1) is 61.6 Å². The molecule has 0 saturated heterocycles. The highest BCUT2D eigenvalue weighted by Crippen LogP contribution is 2.48. The monoisotopic (exact) mass is 580 g/mol. The van der Waals surface area contributed by atoms with Crippen LogP contribution in [-0.2, 0) is 9.59 Å². The van der Waals surface area contributed by atoms with Gasteiger partial charge >= 0.3 is 11.8 Å². The number of benzene rings is 2. The molecule has 0 aromatic heterocycles. The van der Waals surface area contributed by atoms with Crippen LogP contribution in [0, 0.1) is 0 Å². The third-order valence-electron chi connectivity index (χ3n) is 3.10. The lowest BCUT2D eigenvalue weighted by Gasteiger charge is -2.15. The Morgan fingerprint density at radius 2 is 0.571 bits per heavy atom. The molecule has 2 aromatic carbocycles. The van der Waals surface area contributed by atoms with Crippen LogP contribution < -0.4 is 10.6 Å². The number of hydrogen-bond acceptors (Lipinski definition) is 2. The van der Waals surface area contributed by atoms with Crippen LogP contribution in [0.5, 0.6) is 0 Å². The van der Waals surface area contributed by atoms with Crippen LogP contribution in [-0.4, -0.2) is 11.8 Å². The summed E-state index contributed by atoms with van der Waals surface area (Å²) >= 11 is 59.3. The van der Waals surface area contributed by atoms with Crippen molar-refractivity contribution in [2.45, 2.75) is 0 Å². The third kappa shape index (κ3) is 4.62. The number of hydrogen-bond donors (Lipinski definition) is 2. The largest absolute Gasteiger partial charge is 0.315 e. The summed E-state index contributed by atoms with van der Waals surface area (Å²) in [5.41, 5.74) is -0.459. The topological polar surface area (TPSA) is 58.2 Å². The molecule has 0 aliphatic heterocycles. The maximum absolute atomic E-state index is 12.3. The summed E-state index contributed by atoms with van der Waals surface area (Å²) in [6, 6.07) is 0. The quantitative estimate of drug-likeness (QED) is 0.211. The van der Waals surface area contributed by atoms with E-state index in [0.717, 1.165) is 0 Å². The van der Waals surface area contributed by atoms with Crippen molar-refractivity contribution in [3.8, 4) is 0 Å². The maximum Gasteiger partial charge on any atom is 0.314 e. The van der Waals surface area contributed by atoms with E-state index in [4.69, 9.17) is 116 Å². The molecule has 0 bridgehead atoms. The van der Waals surface area contributed by atoms with Crippen LogP contribution in [0.4, 0.5) is 11.4 Å². The third-order valence-corrected chi connectivity index (χ3v) is 7.66. The number of anilines is 2. The SMILES string of the molecule is O=C(Nc1c(Cl)c(Cl)c(Cl)c(Cl)c1Cl)C(=O)Nc1c(Cl)c(Cl)c(Cl)c(Cl)c1Cl. The van der Waals surface area contributed by atoms with Crippen LogP contribution >= 0.6 is 116 Å². The lowest BCUT2D eigenvalue weighted by Crippen LogP contribution is -2.29. The molecular weight excluding hydrogens is 583 g/mol. The summed E-state index contributed by atoms with van der Waals surface area (Å²) in [5, 5.41) is 2.51. The predicted molar refractivity (Wildman–Crippen MR) is 120 cm³/mol. The average molecular weight is 585 g/mol. The van der Waals surface area contributed by atoms with E-state index in [0.29, 0.717) is 0 Å². The van der Waals surface area contributed by atoms with E-state index in [1.807, 2.05) is 0 Å². The standard InChI is InChI=1S/C14H2Cl10N2O2/c15-1-3(17)7(21)11(8(22)4(1)18)25-13(27)14(28)26-12-9(23)5(19)2(16)6(20)10(12)24/h(H,25,27)(H,26,28). The van der Waals surface area contributed by atoms with Gasteiger partial charge in [-0.25, -0.2) is 0 Å². The molecule has 0 heterocycles. The average Bonchev–Trinajstić information content (AvgIpc) is 2.67. The van der Waals surface area contributed by atoms with Crippen molar-refractivity contribution in [2.75, 3.05) is 10.6 Å². The molecule has 2 aromatic rings. The molecule has 2 rings (SSSR count). The smallest absolute Gasteiger partial charge is 0.314 e. The highest BCUT2D eigenvalue weighted by atomic mass is 35.5. The zero-order chi connectivity index (χ0) is 21.5. The van der Waals surface area contributed by atoms with Crippen LogP contribution in [0.2, 0.25) is 50.2 Å². The van der Waals surface area contributed by atoms with Gasteiger partial charge in [0, 0.05) is 0 Å². The number of carbonyl (C=O) groups is 2. The van der Waals surface area contributed by atoms with Crippen LogP contribution in [0.3, 0.4) is 0 Å². The van der Waals surface area contributed by atoms with Gasteiger partial charge in [0.2, 0.25) is 0 Å². The van der Waals surface area contributed by atoms with Crippen molar-refractivity contribution >= 4 is 139 Å². The van der Waals surface area contributed by atoms with Crippen molar-refractivity contribution in [2.24, 2.45) is 0 Å². The number of rotatable bonds is 2. The fraction of sp³-hybridized carbons (Fsp3) is 0. The Morgan fingerprint density at radius 1 is 0.393 bits per heavy atom. The summed E-state index contributed by atoms with van der Waals surface area (Å²) in [6.07, 6.45) is 0. The van der Waals surface area contributed by atoms with E-state index in [-0.39, 0.29) is 61.6 Å². The van der Waals surface area contributed by atoms with Gasteiger partial charge < -0.3 is 10.6 Å². The molecule has 150 valence electrons. The van der Waals surface area contributed by atoms with Crippen molar-refractivity contribution in [1.82, 2.24) is 0 Å². The van der Waals surface area contributed by atoms with Gasteiger partial charge in [-0.05, 0) is 0 Å². The summed E-state index contributed by atoms with van der Waals surface area (Å²) in [6.45, 7) is 0. The molecule has 0 unspecified atom stereocenters. The van der Waals surface area contributed by atoms with E-state index < -0.39 is 11.8 Å². The first-order valence-electron chi connectivity index (χ1n) is 6.55. The lowest BCUT2D eigenvalue weighted by atomic mass is 10.3. The zero-order valence-electron chi connectivity index (χ0n) is 12.6. The van der Waals surface area contributed by atoms with Crippen molar-refractivity contribution in [1.29, 1.82) is 0 Å². The fourth-order valence-electron chi connectivity index (χ4n) is 1.77. The van der Waals surface area contributed by atoms with Crippen molar-refractivity contribution in [3.63, 3.8) is 0 Å². The van der Waals surface area contributed by atoms with Crippen LogP contribution in [0.15, 0.2) is 0 Å². The molecule has 0 spiro atoms. The minimum atomic E-state index is -1.22. The van der Waals surface area contributed by atoms with Crippen LogP contribution in [0.1, 0.15) is 0 Å². The van der Waals surface area contributed by atoms with Gasteiger partial charge in [0.25, 0.3) is 0 Å². The Labute approximate surface area is 208 Å². The molecule has 2 N–H and O–H groups in total. The highest BCUT2D eigenvalue weighted by Gasteiger charge is 2.26. The fourth-order valence-corrected chi connectivity index (χ4v) is 4.24. The normalized spacial score (nSPS) is 10.8. The molecule has 4 nitrogen and oxygen atoms in total. The summed E-state index contributed by atoms with van der Waals surface area (Å²) < 4.78 is 0. The summed E-state index contributed by atoms with van der Waals surface area (Å²) in [7, 11) is 0. The maximum atomic E-state index is 12.3. The molecule has 0 radical (unpaired) electrons. The molecule has 0 aliphatic rings. The molecule has 0 fully saturated rings. The molecule has 2 amide bonds. The Bertz CT molecular complexity index is 885. The Kier molecular flexibility index (Phi) is 8.42. The summed E-state index contributed by atoms with van der Waals surface area (Å²) in [4.78, 5) is 24.5. The molecule has 0 aliphatic carbocycles. The first-order chi connectivity index (χ1) is 12.9.